The van der Waals surface area contributed by atoms with E-state index in [4.69, 9.17) is 0 Å². The molecule has 62 valence electrons. The van der Waals surface area contributed by atoms with Gasteiger partial charge in [0, 0.05) is 6.42 Å². The molecule has 0 heterocycles. The minimum absolute atomic E-state index is 0.324. The smallest absolute Gasteiger partial charge is 0.155 e. The van der Waals surface area contributed by atoms with Crippen molar-refractivity contribution in [2.24, 2.45) is 0 Å². The Hall–Kier alpha value is -0.590. The van der Waals surface area contributed by atoms with Gasteiger partial charge in [-0.05, 0) is 32.3 Å². The van der Waals surface area contributed by atoms with Crippen molar-refractivity contribution < 1.29 is 4.79 Å². The fraction of sp³-hybridized carbons (Fsp3) is 0.700. The summed E-state index contributed by atoms with van der Waals surface area (Å²) in [5.74, 6) is 0.324. The van der Waals surface area contributed by atoms with E-state index >= 15 is 0 Å². The molecular weight excluding hydrogens is 136 g/mol. The molecule has 1 rings (SSSR count). The molecule has 0 saturated carbocycles. The SMILES string of the molecule is C/C1=C/C(=O)CCCCCC1. The van der Waals surface area contributed by atoms with Gasteiger partial charge in [0.25, 0.3) is 0 Å². The highest BCUT2D eigenvalue weighted by molar-refractivity contribution is 5.90. The molecule has 11 heavy (non-hydrogen) atoms. The molecule has 0 N–H and O–H groups in total. The van der Waals surface area contributed by atoms with Crippen molar-refractivity contribution in [2.75, 3.05) is 0 Å². The maximum atomic E-state index is 11.1. The average molecular weight is 152 g/mol. The van der Waals surface area contributed by atoms with Crippen LogP contribution in [0.25, 0.3) is 0 Å². The fourth-order valence-electron chi connectivity index (χ4n) is 1.48. The van der Waals surface area contributed by atoms with Gasteiger partial charge in [-0.3, -0.25) is 4.79 Å². The van der Waals surface area contributed by atoms with Crippen LogP contribution < -0.4 is 0 Å². The number of rotatable bonds is 0. The molecule has 0 atom stereocenters. The quantitative estimate of drug-likeness (QED) is 0.521. The van der Waals surface area contributed by atoms with E-state index in [1.807, 2.05) is 6.08 Å². The number of ketones is 1. The normalized spacial score (nSPS) is 26.3. The molecule has 0 aromatic rings. The Kier molecular flexibility index (Phi) is 3.34. The van der Waals surface area contributed by atoms with Gasteiger partial charge in [0.05, 0.1) is 0 Å². The van der Waals surface area contributed by atoms with Gasteiger partial charge in [-0.2, -0.15) is 0 Å². The molecule has 1 nitrogen and oxygen atoms in total. The van der Waals surface area contributed by atoms with E-state index < -0.39 is 0 Å². The van der Waals surface area contributed by atoms with Crippen LogP contribution in [-0.4, -0.2) is 5.78 Å². The third-order valence-corrected chi connectivity index (χ3v) is 2.15. The maximum Gasteiger partial charge on any atom is 0.155 e. The molecule has 0 amide bonds. The van der Waals surface area contributed by atoms with Crippen molar-refractivity contribution in [2.45, 2.75) is 45.4 Å². The van der Waals surface area contributed by atoms with Gasteiger partial charge in [0.15, 0.2) is 5.78 Å². The molecule has 0 spiro atoms. The van der Waals surface area contributed by atoms with Crippen molar-refractivity contribution in [1.82, 2.24) is 0 Å². The summed E-state index contributed by atoms with van der Waals surface area (Å²) in [7, 11) is 0. The topological polar surface area (TPSA) is 17.1 Å². The van der Waals surface area contributed by atoms with Crippen LogP contribution in [0.4, 0.5) is 0 Å². The lowest BCUT2D eigenvalue weighted by atomic mass is 10.1. The van der Waals surface area contributed by atoms with E-state index in [9.17, 15) is 4.79 Å². The second kappa shape index (κ2) is 4.32. The Balaban J connectivity index is 2.50. The van der Waals surface area contributed by atoms with Gasteiger partial charge >= 0.3 is 0 Å². The molecule has 0 radical (unpaired) electrons. The van der Waals surface area contributed by atoms with Crippen molar-refractivity contribution in [3.8, 4) is 0 Å². The molecule has 0 bridgehead atoms. The van der Waals surface area contributed by atoms with E-state index in [-0.39, 0.29) is 0 Å². The summed E-state index contributed by atoms with van der Waals surface area (Å²) in [6.45, 7) is 2.06. The van der Waals surface area contributed by atoms with E-state index in [1.165, 1.54) is 24.8 Å². The highest BCUT2D eigenvalue weighted by Crippen LogP contribution is 2.14. The zero-order valence-electron chi connectivity index (χ0n) is 7.23. The van der Waals surface area contributed by atoms with Crippen molar-refractivity contribution in [3.63, 3.8) is 0 Å². The van der Waals surface area contributed by atoms with Crippen LogP contribution in [0.2, 0.25) is 0 Å². The number of hydrogen-bond acceptors (Lipinski definition) is 1. The standard InChI is InChI=1S/C10H16O/c1-9-6-4-2-3-5-7-10(11)8-9/h8H,2-7H2,1H3/b9-8-. The summed E-state index contributed by atoms with van der Waals surface area (Å²) in [5, 5.41) is 0. The van der Waals surface area contributed by atoms with Gasteiger partial charge in [-0.15, -0.1) is 0 Å². The molecule has 1 aliphatic rings. The van der Waals surface area contributed by atoms with Crippen molar-refractivity contribution >= 4 is 5.78 Å². The van der Waals surface area contributed by atoms with Gasteiger partial charge in [0.1, 0.15) is 0 Å². The Morgan fingerprint density at radius 2 is 1.73 bits per heavy atom. The first kappa shape index (κ1) is 8.51. The largest absolute Gasteiger partial charge is 0.295 e. The van der Waals surface area contributed by atoms with Gasteiger partial charge in [0.2, 0.25) is 0 Å². The Morgan fingerprint density at radius 3 is 2.45 bits per heavy atom. The summed E-state index contributed by atoms with van der Waals surface area (Å²) in [6.07, 6.45) is 8.57. The van der Waals surface area contributed by atoms with Crippen LogP contribution in [0, 0.1) is 0 Å². The number of carbonyl (C=O) groups excluding carboxylic acids is 1. The van der Waals surface area contributed by atoms with E-state index in [1.54, 1.807) is 0 Å². The molecule has 0 fully saturated rings. The lowest BCUT2D eigenvalue weighted by Crippen LogP contribution is -1.92. The lowest BCUT2D eigenvalue weighted by Gasteiger charge is -1.96. The van der Waals surface area contributed by atoms with Crippen molar-refractivity contribution in [1.29, 1.82) is 0 Å². The predicted octanol–water partition coefficient (Wildman–Crippen LogP) is 2.86. The first-order valence-corrected chi connectivity index (χ1v) is 4.49. The summed E-state index contributed by atoms with van der Waals surface area (Å²) < 4.78 is 0. The minimum Gasteiger partial charge on any atom is -0.295 e. The van der Waals surface area contributed by atoms with Crippen LogP contribution in [-0.2, 0) is 4.79 Å². The summed E-state index contributed by atoms with van der Waals surface area (Å²) in [5.41, 5.74) is 1.26. The highest BCUT2D eigenvalue weighted by atomic mass is 16.1. The number of carbonyl (C=O) groups is 1. The molecule has 0 aromatic carbocycles. The zero-order valence-corrected chi connectivity index (χ0v) is 7.23. The predicted molar refractivity (Wildman–Crippen MR) is 46.5 cm³/mol. The molecule has 1 heteroatoms. The van der Waals surface area contributed by atoms with E-state index in [0.717, 1.165) is 19.3 Å². The first-order chi connectivity index (χ1) is 5.29. The molecule has 0 aliphatic heterocycles. The monoisotopic (exact) mass is 152 g/mol. The number of allylic oxidation sites excluding steroid dienone is 2. The summed E-state index contributed by atoms with van der Waals surface area (Å²) >= 11 is 0. The Bertz CT molecular complexity index is 168. The molecule has 0 saturated heterocycles. The third kappa shape index (κ3) is 3.35. The van der Waals surface area contributed by atoms with Gasteiger partial charge < -0.3 is 0 Å². The zero-order chi connectivity index (χ0) is 8.10. The average Bonchev–Trinajstić information content (AvgIpc) is 2.02. The maximum absolute atomic E-state index is 11.1. The van der Waals surface area contributed by atoms with Crippen LogP contribution >= 0.6 is 0 Å². The summed E-state index contributed by atoms with van der Waals surface area (Å²) in [4.78, 5) is 11.1. The van der Waals surface area contributed by atoms with Gasteiger partial charge in [-0.1, -0.05) is 18.4 Å². The summed E-state index contributed by atoms with van der Waals surface area (Å²) in [6, 6.07) is 0. The van der Waals surface area contributed by atoms with Crippen molar-refractivity contribution in [3.05, 3.63) is 11.6 Å². The second-order valence-electron chi connectivity index (χ2n) is 3.37. The third-order valence-electron chi connectivity index (χ3n) is 2.15. The Morgan fingerprint density at radius 1 is 1.09 bits per heavy atom. The van der Waals surface area contributed by atoms with Crippen LogP contribution in [0.5, 0.6) is 0 Å². The highest BCUT2D eigenvalue weighted by Gasteiger charge is 2.02. The molecule has 1 aliphatic carbocycles. The van der Waals surface area contributed by atoms with E-state index in [2.05, 4.69) is 6.92 Å². The first-order valence-electron chi connectivity index (χ1n) is 4.49. The van der Waals surface area contributed by atoms with Crippen LogP contribution in [0.15, 0.2) is 11.6 Å². The molecule has 0 aromatic heterocycles. The molecular formula is C10H16O. The van der Waals surface area contributed by atoms with E-state index in [0.29, 0.717) is 5.78 Å². The van der Waals surface area contributed by atoms with Crippen LogP contribution in [0.1, 0.15) is 45.4 Å². The Labute approximate surface area is 68.5 Å². The van der Waals surface area contributed by atoms with Crippen LogP contribution in [0.3, 0.4) is 0 Å². The lowest BCUT2D eigenvalue weighted by molar-refractivity contribution is -0.114. The minimum atomic E-state index is 0.324. The number of hydrogen-bond donors (Lipinski definition) is 0. The second-order valence-corrected chi connectivity index (χ2v) is 3.37. The molecule has 0 unspecified atom stereocenters. The fourth-order valence-corrected chi connectivity index (χ4v) is 1.48. The van der Waals surface area contributed by atoms with Gasteiger partial charge in [-0.25, -0.2) is 0 Å².